The molecule has 3 rings (SSSR count). The van der Waals surface area contributed by atoms with Gasteiger partial charge >= 0.3 is 6.03 Å². The van der Waals surface area contributed by atoms with E-state index in [2.05, 4.69) is 20.9 Å². The molecule has 1 aliphatic rings. The number of para-hydroxylation sites is 1. The first-order chi connectivity index (χ1) is 10.2. The maximum Gasteiger partial charge on any atom is 0.319 e. The number of anilines is 1. The van der Waals surface area contributed by atoms with E-state index in [0.29, 0.717) is 25.1 Å². The summed E-state index contributed by atoms with van der Waals surface area (Å²) in [5, 5.41) is 9.39. The van der Waals surface area contributed by atoms with E-state index in [1.807, 2.05) is 30.3 Å². The average Bonchev–Trinajstić information content (AvgIpc) is 2.50. The third kappa shape index (κ3) is 3.10. The third-order valence-electron chi connectivity index (χ3n) is 3.48. The molecule has 2 aromatic rings. The van der Waals surface area contributed by atoms with Gasteiger partial charge in [0.05, 0.1) is 11.2 Å². The summed E-state index contributed by atoms with van der Waals surface area (Å²) >= 11 is 0. The zero-order valence-corrected chi connectivity index (χ0v) is 11.4. The quantitative estimate of drug-likeness (QED) is 0.784. The summed E-state index contributed by atoms with van der Waals surface area (Å²) < 4.78 is 0. The lowest BCUT2D eigenvalue weighted by atomic mass is 10.1. The zero-order valence-electron chi connectivity index (χ0n) is 11.4. The minimum absolute atomic E-state index is 0.0340. The highest BCUT2D eigenvalue weighted by Crippen LogP contribution is 2.20. The van der Waals surface area contributed by atoms with E-state index in [1.165, 1.54) is 0 Å². The maximum atomic E-state index is 12.0. The molecular formula is C15H16N4O2. The molecule has 3 N–H and O–H groups in total. The normalized spacial score (nSPS) is 18.1. The summed E-state index contributed by atoms with van der Waals surface area (Å²) in [5.74, 6) is 0.0340. The van der Waals surface area contributed by atoms with Crippen molar-refractivity contribution in [1.82, 2.24) is 15.6 Å². The lowest BCUT2D eigenvalue weighted by molar-refractivity contribution is -0.122. The predicted octanol–water partition coefficient (Wildman–Crippen LogP) is 1.63. The van der Waals surface area contributed by atoms with Crippen LogP contribution in [0.15, 0.2) is 36.5 Å². The van der Waals surface area contributed by atoms with Gasteiger partial charge in [-0.3, -0.25) is 9.78 Å². The first-order valence-electron chi connectivity index (χ1n) is 6.90. The second-order valence-electron chi connectivity index (χ2n) is 5.02. The molecule has 0 radical (unpaired) electrons. The van der Waals surface area contributed by atoms with Crippen LogP contribution >= 0.6 is 0 Å². The van der Waals surface area contributed by atoms with Crippen LogP contribution in [-0.2, 0) is 4.79 Å². The standard InChI is InChI=1S/C15H16N4O2/c20-13-7-6-11(9-17-13)18-15(21)19-12-5-1-3-10-4-2-8-16-14(10)12/h1-5,8,11H,6-7,9H2,(H,17,20)(H2,18,19,21)/t11-/m0/s1. The molecule has 1 saturated heterocycles. The number of nitrogens with one attached hydrogen (secondary N) is 3. The van der Waals surface area contributed by atoms with Crippen LogP contribution in [0, 0.1) is 0 Å². The van der Waals surface area contributed by atoms with Gasteiger partial charge < -0.3 is 16.0 Å². The van der Waals surface area contributed by atoms with Crippen LogP contribution in [-0.4, -0.2) is 29.5 Å². The molecule has 2 heterocycles. The topological polar surface area (TPSA) is 83.1 Å². The Bertz CT molecular complexity index is 671. The summed E-state index contributed by atoms with van der Waals surface area (Å²) in [6.07, 6.45) is 2.80. The zero-order chi connectivity index (χ0) is 14.7. The van der Waals surface area contributed by atoms with E-state index in [4.69, 9.17) is 0 Å². The number of carbonyl (C=O) groups is 2. The summed E-state index contributed by atoms with van der Waals surface area (Å²) in [7, 11) is 0. The van der Waals surface area contributed by atoms with Crippen LogP contribution in [0.3, 0.4) is 0 Å². The van der Waals surface area contributed by atoms with E-state index in [-0.39, 0.29) is 18.0 Å². The van der Waals surface area contributed by atoms with E-state index in [0.717, 1.165) is 10.9 Å². The number of benzene rings is 1. The van der Waals surface area contributed by atoms with Crippen LogP contribution in [0.25, 0.3) is 10.9 Å². The molecule has 1 aromatic heterocycles. The Hall–Kier alpha value is -2.63. The smallest absolute Gasteiger partial charge is 0.319 e. The van der Waals surface area contributed by atoms with E-state index < -0.39 is 0 Å². The minimum Gasteiger partial charge on any atom is -0.354 e. The molecule has 0 aliphatic carbocycles. The number of piperidine rings is 1. The lowest BCUT2D eigenvalue weighted by Gasteiger charge is -2.23. The molecule has 6 nitrogen and oxygen atoms in total. The fourth-order valence-corrected chi connectivity index (χ4v) is 2.40. The molecule has 0 bridgehead atoms. The Kier molecular flexibility index (Phi) is 3.68. The van der Waals surface area contributed by atoms with Gasteiger partial charge in [0.1, 0.15) is 0 Å². The van der Waals surface area contributed by atoms with Crippen molar-refractivity contribution in [2.45, 2.75) is 18.9 Å². The predicted molar refractivity (Wildman–Crippen MR) is 79.9 cm³/mol. The molecule has 3 amide bonds. The number of fused-ring (bicyclic) bond motifs is 1. The first kappa shape index (κ1) is 13.4. The number of hydrogen-bond donors (Lipinski definition) is 3. The van der Waals surface area contributed by atoms with E-state index >= 15 is 0 Å². The second kappa shape index (κ2) is 5.78. The molecule has 6 heteroatoms. The SMILES string of the molecule is O=C1CC[C@H](NC(=O)Nc2cccc3cccnc23)CN1. The van der Waals surface area contributed by atoms with Crippen molar-refractivity contribution >= 4 is 28.5 Å². The van der Waals surface area contributed by atoms with E-state index in [9.17, 15) is 9.59 Å². The number of hydrogen-bond acceptors (Lipinski definition) is 3. The van der Waals surface area contributed by atoms with Gasteiger partial charge in [-0.2, -0.15) is 0 Å². The summed E-state index contributed by atoms with van der Waals surface area (Å²) in [5.41, 5.74) is 1.43. The van der Waals surface area contributed by atoms with Gasteiger partial charge in [0.25, 0.3) is 0 Å². The fourth-order valence-electron chi connectivity index (χ4n) is 2.40. The van der Waals surface area contributed by atoms with Gasteiger partial charge in [0, 0.05) is 30.6 Å². The van der Waals surface area contributed by atoms with Crippen LogP contribution in [0.2, 0.25) is 0 Å². The van der Waals surface area contributed by atoms with Crippen molar-refractivity contribution in [2.24, 2.45) is 0 Å². The summed E-state index contributed by atoms with van der Waals surface area (Å²) in [6.45, 7) is 0.472. The first-order valence-corrected chi connectivity index (χ1v) is 6.90. The third-order valence-corrected chi connectivity index (χ3v) is 3.48. The molecular weight excluding hydrogens is 268 g/mol. The van der Waals surface area contributed by atoms with Crippen LogP contribution in [0.1, 0.15) is 12.8 Å². The molecule has 1 aliphatic heterocycles. The molecule has 21 heavy (non-hydrogen) atoms. The van der Waals surface area contributed by atoms with Gasteiger partial charge in [-0.25, -0.2) is 4.79 Å². The molecule has 1 atom stereocenters. The number of pyridine rings is 1. The molecule has 0 saturated carbocycles. The van der Waals surface area contributed by atoms with Crippen molar-refractivity contribution in [3.8, 4) is 0 Å². The van der Waals surface area contributed by atoms with Crippen molar-refractivity contribution in [3.63, 3.8) is 0 Å². The van der Waals surface area contributed by atoms with Gasteiger partial charge in [-0.15, -0.1) is 0 Å². The Morgan fingerprint density at radius 1 is 1.29 bits per heavy atom. The monoisotopic (exact) mass is 284 g/mol. The fraction of sp³-hybridized carbons (Fsp3) is 0.267. The molecule has 108 valence electrons. The number of aromatic nitrogens is 1. The van der Waals surface area contributed by atoms with Gasteiger partial charge in [0.2, 0.25) is 5.91 Å². The van der Waals surface area contributed by atoms with Gasteiger partial charge in [-0.05, 0) is 18.6 Å². The Morgan fingerprint density at radius 3 is 2.95 bits per heavy atom. The second-order valence-corrected chi connectivity index (χ2v) is 5.02. The van der Waals surface area contributed by atoms with Crippen molar-refractivity contribution in [1.29, 1.82) is 0 Å². The number of carbonyl (C=O) groups excluding carboxylic acids is 2. The Labute approximate surface area is 121 Å². The average molecular weight is 284 g/mol. The van der Waals surface area contributed by atoms with Gasteiger partial charge in [-0.1, -0.05) is 18.2 Å². The summed E-state index contributed by atoms with van der Waals surface area (Å²) in [6, 6.07) is 9.12. The Morgan fingerprint density at radius 2 is 2.14 bits per heavy atom. The molecule has 1 fully saturated rings. The van der Waals surface area contributed by atoms with Crippen molar-refractivity contribution in [3.05, 3.63) is 36.5 Å². The summed E-state index contributed by atoms with van der Waals surface area (Å²) in [4.78, 5) is 27.4. The minimum atomic E-state index is -0.283. The number of amides is 3. The van der Waals surface area contributed by atoms with Gasteiger partial charge in [0.15, 0.2) is 0 Å². The number of nitrogens with zero attached hydrogens (tertiary/aromatic N) is 1. The van der Waals surface area contributed by atoms with Crippen LogP contribution < -0.4 is 16.0 Å². The molecule has 0 unspecified atom stereocenters. The highest BCUT2D eigenvalue weighted by atomic mass is 16.2. The highest BCUT2D eigenvalue weighted by molar-refractivity contribution is 5.99. The number of rotatable bonds is 2. The Balaban J connectivity index is 1.67. The molecule has 1 aromatic carbocycles. The van der Waals surface area contributed by atoms with Crippen LogP contribution in [0.5, 0.6) is 0 Å². The highest BCUT2D eigenvalue weighted by Gasteiger charge is 2.19. The van der Waals surface area contributed by atoms with Crippen molar-refractivity contribution < 1.29 is 9.59 Å². The lowest BCUT2D eigenvalue weighted by Crippen LogP contribution is -2.48. The van der Waals surface area contributed by atoms with E-state index in [1.54, 1.807) is 6.20 Å². The number of urea groups is 1. The maximum absolute atomic E-state index is 12.0. The largest absolute Gasteiger partial charge is 0.354 e. The van der Waals surface area contributed by atoms with Crippen LogP contribution in [0.4, 0.5) is 10.5 Å². The van der Waals surface area contributed by atoms with Crippen molar-refractivity contribution in [2.75, 3.05) is 11.9 Å². The molecule has 0 spiro atoms.